The van der Waals surface area contributed by atoms with Crippen molar-refractivity contribution in [2.24, 2.45) is 4.99 Å². The topological polar surface area (TPSA) is 56.4 Å². The summed E-state index contributed by atoms with van der Waals surface area (Å²) >= 11 is 0. The fourth-order valence-corrected chi connectivity index (χ4v) is 9.94. The van der Waals surface area contributed by atoms with Crippen LogP contribution in [-0.4, -0.2) is 23.3 Å². The number of rotatable bonds is 6. The number of allylic oxidation sites excluding steroid dienone is 5. The lowest BCUT2D eigenvalue weighted by Gasteiger charge is -2.25. The van der Waals surface area contributed by atoms with E-state index in [2.05, 4.69) is 145 Å². The van der Waals surface area contributed by atoms with Gasteiger partial charge < -0.3 is 4.57 Å². The van der Waals surface area contributed by atoms with Crippen molar-refractivity contribution in [3.05, 3.63) is 185 Å². The van der Waals surface area contributed by atoms with Crippen LogP contribution in [-0.2, 0) is 9.84 Å². The molecule has 6 heteroatoms. The van der Waals surface area contributed by atoms with Gasteiger partial charge in [-0.25, -0.2) is 13.4 Å². The van der Waals surface area contributed by atoms with Crippen molar-refractivity contribution >= 4 is 65.0 Å². The molecule has 8 aromatic rings. The van der Waals surface area contributed by atoms with E-state index in [1.165, 1.54) is 21.8 Å². The lowest BCUT2D eigenvalue weighted by Crippen LogP contribution is -2.23. The van der Waals surface area contributed by atoms with Crippen LogP contribution in [0.5, 0.6) is 0 Å². The molecular formula is C49H39N3O2S. The van der Waals surface area contributed by atoms with E-state index >= 15 is 0 Å². The molecule has 9 rings (SSSR count). The normalized spacial score (nSPS) is 14.8. The standard InChI is InChI=1S/C49H39N3O2S/c1-6-16-46-47(31(2)3)48(38-21-12-15-24-45(38)55(46,53)54)50-49(32(4)5)52-42-23-14-11-20-37(42)40-30-34(26-28-44(40)52)33-25-27-43-39(29-33)36-19-10-13-22-41(36)51(43)35-17-8-7-9-18-35/h6-30H,2H2,1,3-5H3/b16-6-,50-48-. The van der Waals surface area contributed by atoms with E-state index < -0.39 is 9.84 Å². The fraction of sp³-hybridized carbons (Fsp3) is 0.0816. The van der Waals surface area contributed by atoms with Crippen molar-refractivity contribution in [1.29, 1.82) is 0 Å². The molecule has 0 amide bonds. The molecule has 0 aliphatic carbocycles. The Morgan fingerprint density at radius 2 is 1.18 bits per heavy atom. The van der Waals surface area contributed by atoms with E-state index in [-0.39, 0.29) is 9.80 Å². The number of nitrogens with zero attached hydrogens (tertiary/aromatic N) is 3. The molecule has 1 aliphatic rings. The largest absolute Gasteiger partial charge is 0.309 e. The Kier molecular flexibility index (Phi) is 8.17. The SMILES string of the molecule is C=C(C)C1=C(/C=C\C)S(=O)(=O)c2ccccc2/C1=N/C(=C(C)C)n1c2ccccc2c2cc(-c3ccc4c(c3)c3ccccc3n4-c3ccccc3)ccc21. The summed E-state index contributed by atoms with van der Waals surface area (Å²) in [5.41, 5.74) is 11.1. The summed E-state index contributed by atoms with van der Waals surface area (Å²) in [4.78, 5) is 5.89. The van der Waals surface area contributed by atoms with Crippen LogP contribution in [0.15, 0.2) is 190 Å². The van der Waals surface area contributed by atoms with E-state index in [1.54, 1.807) is 24.3 Å². The van der Waals surface area contributed by atoms with Gasteiger partial charge in [0.1, 0.15) is 5.82 Å². The lowest BCUT2D eigenvalue weighted by molar-refractivity contribution is 0.602. The van der Waals surface area contributed by atoms with Crippen LogP contribution in [0, 0.1) is 0 Å². The van der Waals surface area contributed by atoms with Gasteiger partial charge in [-0.3, -0.25) is 4.57 Å². The van der Waals surface area contributed by atoms with Crippen molar-refractivity contribution in [2.45, 2.75) is 32.6 Å². The number of fused-ring (bicyclic) bond motifs is 7. The highest BCUT2D eigenvalue weighted by Gasteiger charge is 2.35. The molecular weight excluding hydrogens is 695 g/mol. The second-order valence-corrected chi connectivity index (χ2v) is 16.2. The molecule has 6 aromatic carbocycles. The highest BCUT2D eigenvalue weighted by molar-refractivity contribution is 7.95. The van der Waals surface area contributed by atoms with Crippen molar-refractivity contribution in [3.8, 4) is 16.8 Å². The first-order chi connectivity index (χ1) is 26.7. The summed E-state index contributed by atoms with van der Waals surface area (Å²) < 4.78 is 32.5. The van der Waals surface area contributed by atoms with Crippen LogP contribution in [0.3, 0.4) is 0 Å². The monoisotopic (exact) mass is 733 g/mol. The van der Waals surface area contributed by atoms with Crippen molar-refractivity contribution in [2.75, 3.05) is 0 Å². The molecule has 55 heavy (non-hydrogen) atoms. The molecule has 0 unspecified atom stereocenters. The Hall–Kier alpha value is -6.50. The molecule has 0 N–H and O–H groups in total. The predicted octanol–water partition coefficient (Wildman–Crippen LogP) is 12.4. The van der Waals surface area contributed by atoms with Gasteiger partial charge in [0.05, 0.1) is 37.6 Å². The molecule has 5 nitrogen and oxygen atoms in total. The van der Waals surface area contributed by atoms with Crippen LogP contribution in [0.4, 0.5) is 0 Å². The molecule has 0 fully saturated rings. The first-order valence-corrected chi connectivity index (χ1v) is 19.9. The van der Waals surface area contributed by atoms with Gasteiger partial charge >= 0.3 is 0 Å². The van der Waals surface area contributed by atoms with Crippen molar-refractivity contribution in [3.63, 3.8) is 0 Å². The maximum absolute atomic E-state index is 14.0. The Morgan fingerprint density at radius 1 is 0.636 bits per heavy atom. The summed E-state index contributed by atoms with van der Waals surface area (Å²) in [6.07, 6.45) is 3.42. The predicted molar refractivity (Wildman–Crippen MR) is 231 cm³/mol. The van der Waals surface area contributed by atoms with Gasteiger partial charge in [0, 0.05) is 38.4 Å². The average Bonchev–Trinajstić information content (AvgIpc) is 3.70. The maximum atomic E-state index is 14.0. The first kappa shape index (κ1) is 34.3. The van der Waals surface area contributed by atoms with E-state index in [0.29, 0.717) is 22.4 Å². The van der Waals surface area contributed by atoms with Crippen molar-refractivity contribution in [1.82, 2.24) is 9.13 Å². The lowest BCUT2D eigenvalue weighted by atomic mass is 9.96. The van der Waals surface area contributed by atoms with E-state index in [0.717, 1.165) is 50.0 Å². The van der Waals surface area contributed by atoms with Crippen LogP contribution in [0.2, 0.25) is 0 Å². The van der Waals surface area contributed by atoms with E-state index in [1.807, 2.05) is 26.0 Å². The smallest absolute Gasteiger partial charge is 0.207 e. The Morgan fingerprint density at radius 3 is 1.85 bits per heavy atom. The highest BCUT2D eigenvalue weighted by atomic mass is 32.2. The van der Waals surface area contributed by atoms with Gasteiger partial charge in [-0.2, -0.15) is 0 Å². The highest BCUT2D eigenvalue weighted by Crippen LogP contribution is 2.41. The van der Waals surface area contributed by atoms with Gasteiger partial charge in [0.25, 0.3) is 0 Å². The molecule has 2 aromatic heterocycles. The molecule has 0 bridgehead atoms. The average molecular weight is 734 g/mol. The molecule has 0 saturated heterocycles. The van der Waals surface area contributed by atoms with Crippen LogP contribution >= 0.6 is 0 Å². The molecule has 0 spiro atoms. The quantitative estimate of drug-likeness (QED) is 0.171. The third-order valence-corrected chi connectivity index (χ3v) is 12.4. The Bertz CT molecular complexity index is 3150. The minimum Gasteiger partial charge on any atom is -0.309 e. The molecule has 3 heterocycles. The zero-order valence-electron chi connectivity index (χ0n) is 31.2. The number of aromatic nitrogens is 2. The van der Waals surface area contributed by atoms with Crippen molar-refractivity contribution < 1.29 is 8.42 Å². The number of sulfone groups is 1. The van der Waals surface area contributed by atoms with Crippen LogP contribution in [0.25, 0.3) is 66.2 Å². The molecule has 0 radical (unpaired) electrons. The summed E-state index contributed by atoms with van der Waals surface area (Å²) in [7, 11) is -3.79. The Labute approximate surface area is 321 Å². The van der Waals surface area contributed by atoms with E-state index in [9.17, 15) is 8.42 Å². The number of hydrogen-bond acceptors (Lipinski definition) is 3. The van der Waals surface area contributed by atoms with Gasteiger partial charge in [-0.15, -0.1) is 0 Å². The zero-order chi connectivity index (χ0) is 38.0. The van der Waals surface area contributed by atoms with Crippen LogP contribution in [0.1, 0.15) is 33.3 Å². The fourth-order valence-electron chi connectivity index (χ4n) is 8.13. The summed E-state index contributed by atoms with van der Waals surface area (Å²) in [5, 5.41) is 4.63. The zero-order valence-corrected chi connectivity index (χ0v) is 32.0. The number of benzene rings is 6. The Balaban J connectivity index is 1.26. The van der Waals surface area contributed by atoms with E-state index in [4.69, 9.17) is 4.99 Å². The minimum absolute atomic E-state index is 0.212. The van der Waals surface area contributed by atoms with Gasteiger partial charge in [-0.05, 0) is 111 Å². The second kappa shape index (κ2) is 13.1. The summed E-state index contributed by atoms with van der Waals surface area (Å²) in [5.74, 6) is 0.733. The molecule has 268 valence electrons. The molecule has 0 atom stereocenters. The summed E-state index contributed by atoms with van der Waals surface area (Å²) in [6, 6.07) is 48.1. The third-order valence-electron chi connectivity index (χ3n) is 10.5. The first-order valence-electron chi connectivity index (χ1n) is 18.5. The minimum atomic E-state index is -3.79. The van der Waals surface area contributed by atoms with Gasteiger partial charge in [0.15, 0.2) is 0 Å². The molecule has 1 aliphatic heterocycles. The number of hydrogen-bond donors (Lipinski definition) is 0. The second-order valence-electron chi connectivity index (χ2n) is 14.3. The molecule has 0 saturated carbocycles. The summed E-state index contributed by atoms with van der Waals surface area (Å²) in [6.45, 7) is 12.0. The maximum Gasteiger partial charge on any atom is 0.207 e. The third kappa shape index (κ3) is 5.36. The number of aliphatic imine (C=N–C) groups is 1. The number of para-hydroxylation sites is 3. The van der Waals surface area contributed by atoms with Gasteiger partial charge in [-0.1, -0.05) is 97.6 Å². The van der Waals surface area contributed by atoms with Gasteiger partial charge in [0.2, 0.25) is 9.84 Å². The van der Waals surface area contributed by atoms with Crippen LogP contribution < -0.4 is 0 Å².